The van der Waals surface area contributed by atoms with Crippen LogP contribution in [0.1, 0.15) is 29.8 Å². The summed E-state index contributed by atoms with van der Waals surface area (Å²) < 4.78 is 21.2. The molecule has 2 aromatic rings. The van der Waals surface area contributed by atoms with Crippen molar-refractivity contribution in [3.05, 3.63) is 41.5 Å². The van der Waals surface area contributed by atoms with Crippen molar-refractivity contribution in [1.29, 1.82) is 0 Å². The zero-order valence-corrected chi connectivity index (χ0v) is 17.7. The van der Waals surface area contributed by atoms with E-state index in [1.165, 1.54) is 19.1 Å². The minimum Gasteiger partial charge on any atom is -0.454 e. The van der Waals surface area contributed by atoms with Crippen LogP contribution in [0.2, 0.25) is 0 Å². The Kier molecular flexibility index (Phi) is 4.62. The number of amides is 4. The summed E-state index contributed by atoms with van der Waals surface area (Å²) in [5, 5.41) is 5.23. The molecule has 0 bridgehead atoms. The molecule has 11 heteroatoms. The number of ketones is 1. The summed E-state index contributed by atoms with van der Waals surface area (Å²) in [5.41, 5.74) is -0.485. The summed E-state index contributed by atoms with van der Waals surface area (Å²) in [6, 6.07) is 7.16. The molecule has 4 amide bonds. The van der Waals surface area contributed by atoms with Crippen molar-refractivity contribution in [1.82, 2.24) is 10.2 Å². The number of anilines is 1. The number of imide groups is 1. The quantitative estimate of drug-likeness (QED) is 0.517. The Bertz CT molecular complexity index is 1230. The molecule has 0 radical (unpaired) electrons. The fraction of sp³-hybridized carbons (Fsp3) is 0.273. The molecular weight excluding hydrogens is 434 g/mol. The molecule has 3 aliphatic rings. The van der Waals surface area contributed by atoms with Crippen LogP contribution in [0.25, 0.3) is 0 Å². The van der Waals surface area contributed by atoms with Gasteiger partial charge in [0.15, 0.2) is 28.8 Å². The van der Waals surface area contributed by atoms with E-state index in [4.69, 9.17) is 18.9 Å². The molecule has 0 aromatic heterocycles. The molecule has 170 valence electrons. The highest BCUT2D eigenvalue weighted by molar-refractivity contribution is 6.11. The van der Waals surface area contributed by atoms with E-state index in [2.05, 4.69) is 10.6 Å². The maximum absolute atomic E-state index is 13.2. The number of rotatable bonds is 5. The number of hydrogen-bond donors (Lipinski definition) is 2. The maximum atomic E-state index is 13.2. The highest BCUT2D eigenvalue weighted by Crippen LogP contribution is 2.39. The second-order valence-corrected chi connectivity index (χ2v) is 7.87. The zero-order chi connectivity index (χ0) is 23.3. The summed E-state index contributed by atoms with van der Waals surface area (Å²) in [7, 11) is 0. The van der Waals surface area contributed by atoms with Crippen LogP contribution < -0.4 is 29.6 Å². The number of Topliss-reactive ketones (excluding diaryl/α,β-unsaturated/α-hetero) is 1. The third-order valence-electron chi connectivity index (χ3n) is 5.69. The van der Waals surface area contributed by atoms with E-state index >= 15 is 0 Å². The molecule has 1 fully saturated rings. The molecule has 33 heavy (non-hydrogen) atoms. The van der Waals surface area contributed by atoms with E-state index in [-0.39, 0.29) is 30.6 Å². The number of fused-ring (bicyclic) bond motifs is 2. The van der Waals surface area contributed by atoms with Gasteiger partial charge in [0.1, 0.15) is 12.1 Å². The van der Waals surface area contributed by atoms with Gasteiger partial charge in [0.05, 0.1) is 5.69 Å². The minimum atomic E-state index is -1.39. The Balaban J connectivity index is 1.35. The Morgan fingerprint density at radius 2 is 1.64 bits per heavy atom. The van der Waals surface area contributed by atoms with Gasteiger partial charge in [0.25, 0.3) is 5.91 Å². The van der Waals surface area contributed by atoms with Crippen LogP contribution in [-0.2, 0) is 15.1 Å². The lowest BCUT2D eigenvalue weighted by Crippen LogP contribution is -2.42. The largest absolute Gasteiger partial charge is 0.454 e. The fourth-order valence-electron chi connectivity index (χ4n) is 3.91. The van der Waals surface area contributed by atoms with E-state index in [1.807, 2.05) is 0 Å². The van der Waals surface area contributed by atoms with Gasteiger partial charge in [-0.1, -0.05) is 6.07 Å². The molecular formula is C22H19N3O8. The zero-order valence-electron chi connectivity index (χ0n) is 17.7. The van der Waals surface area contributed by atoms with E-state index in [0.717, 1.165) is 4.90 Å². The number of benzene rings is 2. The average molecular weight is 453 g/mol. The molecule has 2 aromatic carbocycles. The third-order valence-corrected chi connectivity index (χ3v) is 5.69. The lowest BCUT2D eigenvalue weighted by Gasteiger charge is -2.22. The Labute approximate surface area is 187 Å². The molecule has 3 heterocycles. The van der Waals surface area contributed by atoms with Crippen molar-refractivity contribution < 1.29 is 38.1 Å². The van der Waals surface area contributed by atoms with Gasteiger partial charge in [0, 0.05) is 11.6 Å². The molecule has 3 aliphatic heterocycles. The van der Waals surface area contributed by atoms with Crippen LogP contribution in [0, 0.1) is 0 Å². The smallest absolute Gasteiger partial charge is 0.325 e. The van der Waals surface area contributed by atoms with Gasteiger partial charge in [-0.2, -0.15) is 0 Å². The predicted molar refractivity (Wildman–Crippen MR) is 111 cm³/mol. The van der Waals surface area contributed by atoms with Gasteiger partial charge in [-0.05, 0) is 37.6 Å². The van der Waals surface area contributed by atoms with Crippen molar-refractivity contribution in [2.45, 2.75) is 19.4 Å². The van der Waals surface area contributed by atoms with Crippen LogP contribution >= 0.6 is 0 Å². The molecule has 0 aliphatic carbocycles. The highest BCUT2D eigenvalue weighted by atomic mass is 16.7. The summed E-state index contributed by atoms with van der Waals surface area (Å²) in [6.07, 6.45) is 0. The monoisotopic (exact) mass is 453 g/mol. The first-order valence-corrected chi connectivity index (χ1v) is 10.0. The lowest BCUT2D eigenvalue weighted by molar-refractivity contribution is -0.133. The number of carbonyl (C=O) groups excluding carboxylic acids is 4. The van der Waals surface area contributed by atoms with Crippen molar-refractivity contribution in [3.63, 3.8) is 0 Å². The van der Waals surface area contributed by atoms with Gasteiger partial charge in [-0.25, -0.2) is 4.79 Å². The van der Waals surface area contributed by atoms with Gasteiger partial charge < -0.3 is 29.6 Å². The normalized spacial score (nSPS) is 20.1. The van der Waals surface area contributed by atoms with Crippen molar-refractivity contribution in [2.75, 3.05) is 25.4 Å². The third kappa shape index (κ3) is 3.37. The first-order chi connectivity index (χ1) is 15.8. The fourth-order valence-corrected chi connectivity index (χ4v) is 3.91. The Hall–Kier alpha value is -4.28. The van der Waals surface area contributed by atoms with Gasteiger partial charge >= 0.3 is 6.03 Å². The number of urea groups is 1. The molecule has 5 rings (SSSR count). The maximum Gasteiger partial charge on any atom is 0.325 e. The molecule has 0 spiro atoms. The van der Waals surface area contributed by atoms with E-state index in [0.29, 0.717) is 28.6 Å². The summed E-state index contributed by atoms with van der Waals surface area (Å²) in [4.78, 5) is 51.3. The van der Waals surface area contributed by atoms with E-state index < -0.39 is 29.9 Å². The van der Waals surface area contributed by atoms with Crippen molar-refractivity contribution in [2.24, 2.45) is 0 Å². The molecule has 1 unspecified atom stereocenters. The topological polar surface area (TPSA) is 133 Å². The second kappa shape index (κ2) is 7.40. The standard InChI is InChI=1S/C22H19N3O8/c1-11(26)13-6-17-18(33-10-32-17)7-14(13)23-19(27)8-25-20(28)22(2,24-21(25)29)12-3-4-15-16(5-12)31-9-30-15/h3-7H,8-10H2,1-2H3,(H,23,27)(H,24,29). The molecule has 2 N–H and O–H groups in total. The number of carbonyl (C=O) groups is 4. The van der Waals surface area contributed by atoms with Crippen LogP contribution in [0.15, 0.2) is 30.3 Å². The molecule has 1 atom stereocenters. The van der Waals surface area contributed by atoms with Crippen LogP contribution in [-0.4, -0.2) is 48.7 Å². The summed E-state index contributed by atoms with van der Waals surface area (Å²) in [5.74, 6) is 0.224. The van der Waals surface area contributed by atoms with Crippen LogP contribution in [0.4, 0.5) is 10.5 Å². The van der Waals surface area contributed by atoms with Gasteiger partial charge in [-0.15, -0.1) is 0 Å². The van der Waals surface area contributed by atoms with Crippen LogP contribution in [0.3, 0.4) is 0 Å². The second-order valence-electron chi connectivity index (χ2n) is 7.87. The highest BCUT2D eigenvalue weighted by Gasteiger charge is 2.50. The van der Waals surface area contributed by atoms with Crippen molar-refractivity contribution >= 4 is 29.3 Å². The van der Waals surface area contributed by atoms with Gasteiger partial charge in [0.2, 0.25) is 19.5 Å². The Morgan fingerprint density at radius 3 is 2.33 bits per heavy atom. The Morgan fingerprint density at radius 1 is 1.00 bits per heavy atom. The minimum absolute atomic E-state index is 0.00493. The number of nitrogens with one attached hydrogen (secondary N) is 2. The molecule has 11 nitrogen and oxygen atoms in total. The first kappa shape index (κ1) is 20.6. The number of nitrogens with zero attached hydrogens (tertiary/aromatic N) is 1. The van der Waals surface area contributed by atoms with E-state index in [1.54, 1.807) is 25.1 Å². The lowest BCUT2D eigenvalue weighted by atomic mass is 9.91. The summed E-state index contributed by atoms with van der Waals surface area (Å²) in [6.45, 7) is 2.43. The number of ether oxygens (including phenoxy) is 4. The van der Waals surface area contributed by atoms with Crippen molar-refractivity contribution in [3.8, 4) is 23.0 Å². The first-order valence-electron chi connectivity index (χ1n) is 10.0. The molecule has 1 saturated heterocycles. The number of hydrogen-bond acceptors (Lipinski definition) is 8. The van der Waals surface area contributed by atoms with E-state index in [9.17, 15) is 19.2 Å². The molecule has 0 saturated carbocycles. The van der Waals surface area contributed by atoms with Gasteiger partial charge in [-0.3, -0.25) is 19.3 Å². The predicted octanol–water partition coefficient (Wildman–Crippen LogP) is 1.75. The SMILES string of the molecule is CC(=O)c1cc2c(cc1NC(=O)CN1C(=O)NC(C)(c3ccc4c(c3)OCO4)C1=O)OCO2. The summed E-state index contributed by atoms with van der Waals surface area (Å²) >= 11 is 0. The van der Waals surface area contributed by atoms with Crippen LogP contribution in [0.5, 0.6) is 23.0 Å². The average Bonchev–Trinajstić information content (AvgIpc) is 3.48.